The molecule has 0 aliphatic rings. The fourth-order valence-electron chi connectivity index (χ4n) is 1.76. The molecule has 3 N–H and O–H groups in total. The molecule has 0 aliphatic heterocycles. The Hall–Kier alpha value is -1.66. The SMILES string of the molecule is Cc1nc2ccc(NC(=O)NCC(C)(O)C(C)C)cc2s1. The number of amides is 2. The third kappa shape index (κ3) is 3.92. The van der Waals surface area contributed by atoms with Crippen LogP contribution in [0.1, 0.15) is 25.8 Å². The van der Waals surface area contributed by atoms with Gasteiger partial charge in [0.25, 0.3) is 0 Å². The van der Waals surface area contributed by atoms with Crippen LogP contribution < -0.4 is 10.6 Å². The molecule has 1 atom stereocenters. The van der Waals surface area contributed by atoms with E-state index in [1.54, 1.807) is 18.3 Å². The zero-order valence-corrected chi connectivity index (χ0v) is 13.5. The molecule has 6 heteroatoms. The molecule has 0 radical (unpaired) electrons. The molecule has 0 fully saturated rings. The molecule has 0 saturated carbocycles. The van der Waals surface area contributed by atoms with Gasteiger partial charge >= 0.3 is 6.03 Å². The molecule has 0 saturated heterocycles. The summed E-state index contributed by atoms with van der Waals surface area (Å²) in [4.78, 5) is 16.3. The van der Waals surface area contributed by atoms with Crippen LogP contribution in [0.4, 0.5) is 10.5 Å². The second kappa shape index (κ2) is 5.99. The van der Waals surface area contributed by atoms with E-state index in [2.05, 4.69) is 15.6 Å². The molecule has 0 spiro atoms. The zero-order valence-electron chi connectivity index (χ0n) is 12.7. The van der Waals surface area contributed by atoms with E-state index < -0.39 is 5.60 Å². The summed E-state index contributed by atoms with van der Waals surface area (Å²) in [6, 6.07) is 5.29. The minimum atomic E-state index is -0.921. The Morgan fingerprint density at radius 1 is 1.48 bits per heavy atom. The minimum absolute atomic E-state index is 0.0642. The van der Waals surface area contributed by atoms with Crippen molar-refractivity contribution in [2.24, 2.45) is 5.92 Å². The fourth-order valence-corrected chi connectivity index (χ4v) is 2.62. The number of benzene rings is 1. The van der Waals surface area contributed by atoms with Gasteiger partial charge in [0.05, 0.1) is 20.8 Å². The monoisotopic (exact) mass is 307 g/mol. The Bertz CT molecular complexity index is 649. The van der Waals surface area contributed by atoms with Gasteiger partial charge in [0.2, 0.25) is 0 Å². The molecule has 1 aromatic carbocycles. The molecular weight excluding hydrogens is 286 g/mol. The summed E-state index contributed by atoms with van der Waals surface area (Å²) in [6.45, 7) is 7.71. The number of carbonyl (C=O) groups is 1. The quantitative estimate of drug-likeness (QED) is 0.812. The van der Waals surface area contributed by atoms with Crippen LogP contribution in [-0.4, -0.2) is 28.3 Å². The number of hydrogen-bond donors (Lipinski definition) is 3. The van der Waals surface area contributed by atoms with Crippen molar-refractivity contribution in [2.45, 2.75) is 33.3 Å². The number of urea groups is 1. The van der Waals surface area contributed by atoms with Gasteiger partial charge in [-0.25, -0.2) is 9.78 Å². The van der Waals surface area contributed by atoms with Crippen LogP contribution in [0, 0.1) is 12.8 Å². The topological polar surface area (TPSA) is 74.2 Å². The number of thiazole rings is 1. The Labute approximate surface area is 128 Å². The van der Waals surface area contributed by atoms with Gasteiger partial charge in [-0.15, -0.1) is 11.3 Å². The molecular formula is C15H21N3O2S. The van der Waals surface area contributed by atoms with Gasteiger partial charge in [-0.3, -0.25) is 0 Å². The first-order chi connectivity index (χ1) is 9.78. The van der Waals surface area contributed by atoms with Crippen LogP contribution in [-0.2, 0) is 0 Å². The Morgan fingerprint density at radius 3 is 2.86 bits per heavy atom. The number of nitrogens with zero attached hydrogens (tertiary/aromatic N) is 1. The summed E-state index contributed by atoms with van der Waals surface area (Å²) in [5, 5.41) is 16.6. The molecule has 0 aliphatic carbocycles. The average Bonchev–Trinajstić information content (AvgIpc) is 2.75. The van der Waals surface area contributed by atoms with Gasteiger partial charge in [-0.1, -0.05) is 13.8 Å². The molecule has 21 heavy (non-hydrogen) atoms. The predicted octanol–water partition coefficient (Wildman–Crippen LogP) is 3.13. The normalized spacial score (nSPS) is 14.2. The van der Waals surface area contributed by atoms with Crippen molar-refractivity contribution >= 4 is 33.3 Å². The fraction of sp³-hybridized carbons (Fsp3) is 0.467. The van der Waals surface area contributed by atoms with Gasteiger partial charge in [0, 0.05) is 12.2 Å². The first kappa shape index (κ1) is 15.7. The number of aromatic nitrogens is 1. The number of anilines is 1. The third-order valence-electron chi connectivity index (χ3n) is 3.60. The van der Waals surface area contributed by atoms with Gasteiger partial charge in [-0.05, 0) is 38.0 Å². The first-order valence-corrected chi connectivity index (χ1v) is 7.74. The molecule has 1 unspecified atom stereocenters. The molecule has 1 aromatic heterocycles. The number of carbonyl (C=O) groups excluding carboxylic acids is 1. The minimum Gasteiger partial charge on any atom is -0.388 e. The van der Waals surface area contributed by atoms with Crippen LogP contribution in [0.25, 0.3) is 10.2 Å². The molecule has 2 amide bonds. The van der Waals surface area contributed by atoms with E-state index in [4.69, 9.17) is 0 Å². The number of nitrogens with one attached hydrogen (secondary N) is 2. The number of fused-ring (bicyclic) bond motifs is 1. The van der Waals surface area contributed by atoms with Gasteiger partial charge < -0.3 is 15.7 Å². The van der Waals surface area contributed by atoms with Crippen molar-refractivity contribution in [2.75, 3.05) is 11.9 Å². The highest BCUT2D eigenvalue weighted by Gasteiger charge is 2.25. The van der Waals surface area contributed by atoms with Crippen molar-refractivity contribution in [1.82, 2.24) is 10.3 Å². The van der Waals surface area contributed by atoms with Crippen molar-refractivity contribution < 1.29 is 9.90 Å². The predicted molar refractivity (Wildman–Crippen MR) is 86.8 cm³/mol. The van der Waals surface area contributed by atoms with E-state index in [1.165, 1.54) is 0 Å². The van der Waals surface area contributed by atoms with Gasteiger partial charge in [0.15, 0.2) is 0 Å². The smallest absolute Gasteiger partial charge is 0.319 e. The Morgan fingerprint density at radius 2 is 2.19 bits per heavy atom. The highest BCUT2D eigenvalue weighted by molar-refractivity contribution is 7.18. The molecule has 2 rings (SSSR count). The number of aryl methyl sites for hydroxylation is 1. The molecule has 114 valence electrons. The second-order valence-electron chi connectivity index (χ2n) is 5.73. The lowest BCUT2D eigenvalue weighted by Crippen LogP contribution is -2.45. The van der Waals surface area contributed by atoms with Crippen molar-refractivity contribution in [3.05, 3.63) is 23.2 Å². The summed E-state index contributed by atoms with van der Waals surface area (Å²) in [6.07, 6.45) is 0. The summed E-state index contributed by atoms with van der Waals surface area (Å²) in [5.41, 5.74) is 0.731. The lowest BCUT2D eigenvalue weighted by Gasteiger charge is -2.27. The number of aliphatic hydroxyl groups is 1. The van der Waals surface area contributed by atoms with Crippen molar-refractivity contribution in [3.8, 4) is 0 Å². The van der Waals surface area contributed by atoms with E-state index in [1.807, 2.05) is 39.0 Å². The van der Waals surface area contributed by atoms with Crippen LogP contribution >= 0.6 is 11.3 Å². The van der Waals surface area contributed by atoms with E-state index in [9.17, 15) is 9.90 Å². The molecule has 0 bridgehead atoms. The van der Waals surface area contributed by atoms with Crippen molar-refractivity contribution in [3.63, 3.8) is 0 Å². The van der Waals surface area contributed by atoms with Crippen LogP contribution in [0.15, 0.2) is 18.2 Å². The lowest BCUT2D eigenvalue weighted by molar-refractivity contribution is 0.0170. The second-order valence-corrected chi connectivity index (χ2v) is 6.97. The maximum atomic E-state index is 11.9. The lowest BCUT2D eigenvalue weighted by atomic mass is 9.93. The Kier molecular flexibility index (Phi) is 4.49. The standard InChI is InChI=1S/C15H21N3O2S/c1-9(2)15(4,20)8-16-14(19)18-11-5-6-12-13(7-11)21-10(3)17-12/h5-7,9,20H,8H2,1-4H3,(H2,16,18,19). The molecule has 2 aromatic rings. The van der Waals surface area contributed by atoms with E-state index in [-0.39, 0.29) is 18.5 Å². The third-order valence-corrected chi connectivity index (χ3v) is 4.54. The number of hydrogen-bond acceptors (Lipinski definition) is 4. The largest absolute Gasteiger partial charge is 0.388 e. The number of rotatable bonds is 4. The summed E-state index contributed by atoms with van der Waals surface area (Å²) in [5.74, 6) is 0.0642. The molecule has 1 heterocycles. The summed E-state index contributed by atoms with van der Waals surface area (Å²) in [7, 11) is 0. The Balaban J connectivity index is 1.98. The summed E-state index contributed by atoms with van der Waals surface area (Å²) >= 11 is 1.59. The van der Waals surface area contributed by atoms with Crippen LogP contribution in [0.5, 0.6) is 0 Å². The highest BCUT2D eigenvalue weighted by Crippen LogP contribution is 2.24. The van der Waals surface area contributed by atoms with E-state index in [0.717, 1.165) is 15.2 Å². The van der Waals surface area contributed by atoms with Gasteiger partial charge in [0.1, 0.15) is 0 Å². The van der Waals surface area contributed by atoms with Gasteiger partial charge in [-0.2, -0.15) is 0 Å². The van der Waals surface area contributed by atoms with Crippen LogP contribution in [0.3, 0.4) is 0 Å². The maximum Gasteiger partial charge on any atom is 0.319 e. The van der Waals surface area contributed by atoms with E-state index in [0.29, 0.717) is 5.69 Å². The highest BCUT2D eigenvalue weighted by atomic mass is 32.1. The first-order valence-electron chi connectivity index (χ1n) is 6.92. The van der Waals surface area contributed by atoms with Crippen molar-refractivity contribution in [1.29, 1.82) is 0 Å². The zero-order chi connectivity index (χ0) is 15.6. The molecule has 5 nitrogen and oxygen atoms in total. The maximum absolute atomic E-state index is 11.9. The van der Waals surface area contributed by atoms with Crippen LogP contribution in [0.2, 0.25) is 0 Å². The average molecular weight is 307 g/mol. The summed E-state index contributed by atoms with van der Waals surface area (Å²) < 4.78 is 1.04. The van der Waals surface area contributed by atoms with E-state index >= 15 is 0 Å².